The van der Waals surface area contributed by atoms with Crippen molar-refractivity contribution in [2.45, 2.75) is 57.5 Å². The van der Waals surface area contributed by atoms with Gasteiger partial charge < -0.3 is 20.2 Å². The Balaban J connectivity index is 1.79. The highest BCUT2D eigenvalue weighted by atomic mass is 35.5. The number of likely N-dealkylation sites (tertiary alicyclic amines) is 1. The maximum Gasteiger partial charge on any atom is 0.405 e. The molecule has 1 heterocycles. The second kappa shape index (κ2) is 8.70. The minimum Gasteiger partial charge on any atom is -0.465 e. The zero-order valence-electron chi connectivity index (χ0n) is 16.7. The number of piperidine rings is 1. The van der Waals surface area contributed by atoms with Crippen LogP contribution in [0.1, 0.15) is 44.2 Å². The molecule has 1 fully saturated rings. The number of hydrogen-bond acceptors (Lipinski definition) is 3. The third-order valence-electron chi connectivity index (χ3n) is 6.35. The number of aryl methyl sites for hydroxylation is 1. The van der Waals surface area contributed by atoms with E-state index in [1.165, 1.54) is 0 Å². The Bertz CT molecular complexity index is 730. The second-order valence-electron chi connectivity index (χ2n) is 7.81. The number of halogens is 1. The Morgan fingerprint density at radius 2 is 1.96 bits per heavy atom. The molecule has 28 heavy (non-hydrogen) atoms. The van der Waals surface area contributed by atoms with E-state index in [0.717, 1.165) is 37.1 Å². The fourth-order valence-electron chi connectivity index (χ4n) is 4.80. The standard InChI is InChI=1S/C21H30ClN3O3/c1-3-24(4-2)16-9-12-25(13-10-16)19(26)21(23-20(27)28)11-8-15-6-5-7-18(22)17(15)14-21/h5-7,16,23H,3-4,8-14H2,1-2H3,(H,27,28). The lowest BCUT2D eigenvalue weighted by Gasteiger charge is -2.44. The van der Waals surface area contributed by atoms with Crippen LogP contribution in [0.15, 0.2) is 18.2 Å². The van der Waals surface area contributed by atoms with Crippen LogP contribution in [0.2, 0.25) is 5.02 Å². The highest BCUT2D eigenvalue weighted by molar-refractivity contribution is 6.31. The quantitative estimate of drug-likeness (QED) is 0.786. The summed E-state index contributed by atoms with van der Waals surface area (Å²) in [4.78, 5) is 29.3. The molecule has 0 saturated carbocycles. The van der Waals surface area contributed by atoms with Crippen molar-refractivity contribution in [3.05, 3.63) is 34.3 Å². The van der Waals surface area contributed by atoms with Gasteiger partial charge in [-0.3, -0.25) is 4.79 Å². The van der Waals surface area contributed by atoms with Gasteiger partial charge in [-0.25, -0.2) is 4.79 Å². The largest absolute Gasteiger partial charge is 0.465 e. The summed E-state index contributed by atoms with van der Waals surface area (Å²) in [6.45, 7) is 7.67. The molecule has 2 N–H and O–H groups in total. The van der Waals surface area contributed by atoms with E-state index in [4.69, 9.17) is 11.6 Å². The summed E-state index contributed by atoms with van der Waals surface area (Å²) in [5, 5.41) is 12.6. The third-order valence-corrected chi connectivity index (χ3v) is 6.71. The summed E-state index contributed by atoms with van der Waals surface area (Å²) < 4.78 is 0. The van der Waals surface area contributed by atoms with Crippen molar-refractivity contribution < 1.29 is 14.7 Å². The van der Waals surface area contributed by atoms with Crippen molar-refractivity contribution in [2.24, 2.45) is 0 Å². The Labute approximate surface area is 171 Å². The van der Waals surface area contributed by atoms with Gasteiger partial charge >= 0.3 is 6.09 Å². The first-order valence-corrected chi connectivity index (χ1v) is 10.6. The molecule has 1 atom stereocenters. The number of carbonyl (C=O) groups excluding carboxylic acids is 1. The second-order valence-corrected chi connectivity index (χ2v) is 8.22. The molecule has 0 spiro atoms. The molecule has 1 aliphatic carbocycles. The molecule has 1 aromatic rings. The summed E-state index contributed by atoms with van der Waals surface area (Å²) in [7, 11) is 0. The van der Waals surface area contributed by atoms with Gasteiger partial charge in [-0.15, -0.1) is 0 Å². The van der Waals surface area contributed by atoms with Crippen LogP contribution >= 0.6 is 11.6 Å². The minimum absolute atomic E-state index is 0.113. The molecular weight excluding hydrogens is 378 g/mol. The molecule has 2 amide bonds. The van der Waals surface area contributed by atoms with E-state index in [9.17, 15) is 14.7 Å². The Kier molecular flexibility index (Phi) is 6.50. The van der Waals surface area contributed by atoms with Crippen molar-refractivity contribution in [2.75, 3.05) is 26.2 Å². The van der Waals surface area contributed by atoms with Crippen LogP contribution in [0.25, 0.3) is 0 Å². The monoisotopic (exact) mass is 407 g/mol. The Hall–Kier alpha value is -1.79. The summed E-state index contributed by atoms with van der Waals surface area (Å²) in [6, 6.07) is 6.20. The van der Waals surface area contributed by atoms with E-state index >= 15 is 0 Å². The van der Waals surface area contributed by atoms with Crippen LogP contribution in [0, 0.1) is 0 Å². The first kappa shape index (κ1) is 20.9. The molecule has 7 heteroatoms. The minimum atomic E-state index is -1.16. The van der Waals surface area contributed by atoms with Gasteiger partial charge in [0.05, 0.1) is 0 Å². The predicted molar refractivity (Wildman–Crippen MR) is 110 cm³/mol. The molecular formula is C21H30ClN3O3. The predicted octanol–water partition coefficient (Wildman–Crippen LogP) is 3.17. The van der Waals surface area contributed by atoms with Crippen LogP contribution < -0.4 is 5.32 Å². The number of rotatable bonds is 5. The molecule has 1 unspecified atom stereocenters. The van der Waals surface area contributed by atoms with Gasteiger partial charge in [0, 0.05) is 30.6 Å². The van der Waals surface area contributed by atoms with Gasteiger partial charge in [-0.05, 0) is 56.0 Å². The maximum atomic E-state index is 13.5. The fraction of sp³-hybridized carbons (Fsp3) is 0.619. The topological polar surface area (TPSA) is 72.9 Å². The van der Waals surface area contributed by atoms with Crippen molar-refractivity contribution in [1.82, 2.24) is 15.1 Å². The van der Waals surface area contributed by atoms with Crippen molar-refractivity contribution in [1.29, 1.82) is 0 Å². The fourth-order valence-corrected chi connectivity index (χ4v) is 5.06. The van der Waals surface area contributed by atoms with Gasteiger partial charge in [0.15, 0.2) is 0 Å². The van der Waals surface area contributed by atoms with Crippen molar-refractivity contribution in [3.63, 3.8) is 0 Å². The molecule has 1 aliphatic heterocycles. The number of hydrogen-bond donors (Lipinski definition) is 2. The van der Waals surface area contributed by atoms with E-state index in [-0.39, 0.29) is 5.91 Å². The summed E-state index contributed by atoms with van der Waals surface area (Å²) in [5.41, 5.74) is 0.852. The third kappa shape index (κ3) is 4.13. The SMILES string of the molecule is CCN(CC)C1CCN(C(=O)C2(NC(=O)O)CCc3cccc(Cl)c3C2)CC1. The van der Waals surface area contributed by atoms with Crippen molar-refractivity contribution >= 4 is 23.6 Å². The van der Waals surface area contributed by atoms with Gasteiger partial charge in [0.25, 0.3) is 0 Å². The maximum absolute atomic E-state index is 13.5. The lowest BCUT2D eigenvalue weighted by atomic mass is 9.76. The van der Waals surface area contributed by atoms with Crippen LogP contribution in [0.5, 0.6) is 0 Å². The molecule has 0 radical (unpaired) electrons. The van der Waals surface area contributed by atoms with E-state index in [1.807, 2.05) is 17.0 Å². The lowest BCUT2D eigenvalue weighted by molar-refractivity contribution is -0.140. The molecule has 2 aliphatic rings. The van der Waals surface area contributed by atoms with Gasteiger partial charge in [-0.2, -0.15) is 0 Å². The molecule has 3 rings (SSSR count). The average Bonchev–Trinajstić information content (AvgIpc) is 2.69. The highest BCUT2D eigenvalue weighted by Crippen LogP contribution is 2.35. The summed E-state index contributed by atoms with van der Waals surface area (Å²) >= 11 is 6.38. The van der Waals surface area contributed by atoms with Gasteiger partial charge in [-0.1, -0.05) is 37.6 Å². The number of benzene rings is 1. The van der Waals surface area contributed by atoms with Crippen LogP contribution in [0.3, 0.4) is 0 Å². The first-order valence-electron chi connectivity index (χ1n) is 10.2. The number of amides is 2. The molecule has 0 aromatic heterocycles. The zero-order chi connectivity index (χ0) is 20.3. The Morgan fingerprint density at radius 3 is 2.57 bits per heavy atom. The van der Waals surface area contributed by atoms with E-state index in [1.54, 1.807) is 6.07 Å². The van der Waals surface area contributed by atoms with E-state index in [0.29, 0.717) is 43.4 Å². The molecule has 0 bridgehead atoms. The van der Waals surface area contributed by atoms with Crippen LogP contribution in [0.4, 0.5) is 4.79 Å². The molecule has 154 valence electrons. The molecule has 6 nitrogen and oxygen atoms in total. The lowest BCUT2D eigenvalue weighted by Crippen LogP contribution is -2.63. The number of carbonyl (C=O) groups is 2. The number of carboxylic acid groups (broad SMARTS) is 1. The highest BCUT2D eigenvalue weighted by Gasteiger charge is 2.46. The summed E-state index contributed by atoms with van der Waals surface area (Å²) in [6.07, 6.45) is 2.09. The number of nitrogens with zero attached hydrogens (tertiary/aromatic N) is 2. The zero-order valence-corrected chi connectivity index (χ0v) is 17.5. The normalized spacial score (nSPS) is 22.8. The molecule has 1 aromatic carbocycles. The smallest absolute Gasteiger partial charge is 0.405 e. The average molecular weight is 408 g/mol. The molecule has 1 saturated heterocycles. The van der Waals surface area contributed by atoms with Crippen LogP contribution in [-0.2, 0) is 17.6 Å². The number of nitrogens with one attached hydrogen (secondary N) is 1. The number of fused-ring (bicyclic) bond motifs is 1. The van der Waals surface area contributed by atoms with E-state index < -0.39 is 11.6 Å². The first-order chi connectivity index (χ1) is 13.4. The van der Waals surface area contributed by atoms with Crippen LogP contribution in [-0.4, -0.2) is 64.7 Å². The van der Waals surface area contributed by atoms with Crippen molar-refractivity contribution in [3.8, 4) is 0 Å². The van der Waals surface area contributed by atoms with Gasteiger partial charge in [0.1, 0.15) is 5.54 Å². The van der Waals surface area contributed by atoms with Gasteiger partial charge in [0.2, 0.25) is 5.91 Å². The van der Waals surface area contributed by atoms with E-state index in [2.05, 4.69) is 24.1 Å². The Morgan fingerprint density at radius 1 is 1.29 bits per heavy atom. The summed E-state index contributed by atoms with van der Waals surface area (Å²) in [5.74, 6) is -0.113.